The summed E-state index contributed by atoms with van der Waals surface area (Å²) in [5, 5.41) is 0. The van der Waals surface area contributed by atoms with E-state index >= 15 is 0 Å². The molecule has 3 nitrogen and oxygen atoms in total. The predicted octanol–water partition coefficient (Wildman–Crippen LogP) is 1.91. The lowest BCUT2D eigenvalue weighted by Crippen LogP contribution is -2.39. The van der Waals surface area contributed by atoms with Crippen LogP contribution < -0.4 is 5.73 Å². The first-order valence-corrected chi connectivity index (χ1v) is 6.29. The number of likely N-dealkylation sites (tertiary alicyclic amines) is 1. The predicted molar refractivity (Wildman–Crippen MR) is 62.5 cm³/mol. The van der Waals surface area contributed by atoms with Gasteiger partial charge in [0, 0.05) is 19.0 Å². The fraction of sp³-hybridized carbons (Fsp3) is 0.917. The summed E-state index contributed by atoms with van der Waals surface area (Å²) in [6.07, 6.45) is 7.46. The maximum atomic E-state index is 11.9. The van der Waals surface area contributed by atoms with Gasteiger partial charge < -0.3 is 10.6 Å². The number of nitrogens with zero attached hydrogens (tertiary/aromatic N) is 1. The molecule has 0 aromatic heterocycles. The number of carbonyl (C=O) groups is 1. The number of hydrogen-bond acceptors (Lipinski definition) is 2. The molecular weight excluding hydrogens is 188 g/mol. The molecule has 88 valence electrons. The minimum atomic E-state index is 0.314. The van der Waals surface area contributed by atoms with Crippen molar-refractivity contribution in [3.8, 4) is 0 Å². The van der Waals surface area contributed by atoms with Gasteiger partial charge in [-0.3, -0.25) is 4.79 Å². The average Bonchev–Trinajstić information content (AvgIpc) is 2.50. The van der Waals surface area contributed by atoms with E-state index in [1.807, 2.05) is 0 Å². The van der Waals surface area contributed by atoms with E-state index in [0.29, 0.717) is 24.9 Å². The molecular formula is C12H24N2O. The van der Waals surface area contributed by atoms with Gasteiger partial charge in [-0.05, 0) is 32.2 Å². The third-order valence-electron chi connectivity index (χ3n) is 3.26. The van der Waals surface area contributed by atoms with E-state index in [1.54, 1.807) is 0 Å². The Kier molecular flexibility index (Phi) is 5.69. The summed E-state index contributed by atoms with van der Waals surface area (Å²) in [7, 11) is 0. The Morgan fingerprint density at radius 3 is 2.87 bits per heavy atom. The molecule has 0 aromatic rings. The van der Waals surface area contributed by atoms with Crippen LogP contribution in [0.5, 0.6) is 0 Å². The average molecular weight is 212 g/mol. The molecule has 1 amide bonds. The summed E-state index contributed by atoms with van der Waals surface area (Å²) in [6.45, 7) is 3.76. The van der Waals surface area contributed by atoms with E-state index < -0.39 is 0 Å². The standard InChI is InChI=1S/C12H24N2O/c1-2-11-7-4-3-5-10-14(11)12(15)8-6-9-13/h11H,2-10,13H2,1H3/t11-/m1/s1. The van der Waals surface area contributed by atoms with Gasteiger partial charge in [-0.15, -0.1) is 0 Å². The van der Waals surface area contributed by atoms with E-state index in [1.165, 1.54) is 25.7 Å². The van der Waals surface area contributed by atoms with Crippen LogP contribution in [-0.4, -0.2) is 29.9 Å². The molecule has 15 heavy (non-hydrogen) atoms. The highest BCUT2D eigenvalue weighted by molar-refractivity contribution is 5.76. The molecule has 3 heteroatoms. The van der Waals surface area contributed by atoms with Crippen molar-refractivity contribution in [2.24, 2.45) is 5.73 Å². The molecule has 1 heterocycles. The van der Waals surface area contributed by atoms with Crippen LogP contribution >= 0.6 is 0 Å². The van der Waals surface area contributed by atoms with Gasteiger partial charge >= 0.3 is 0 Å². The topological polar surface area (TPSA) is 46.3 Å². The molecule has 2 N–H and O–H groups in total. The summed E-state index contributed by atoms with van der Waals surface area (Å²) in [4.78, 5) is 14.0. The lowest BCUT2D eigenvalue weighted by atomic mass is 10.1. The first-order valence-electron chi connectivity index (χ1n) is 6.29. The van der Waals surface area contributed by atoms with Gasteiger partial charge in [0.2, 0.25) is 5.91 Å². The molecule has 1 aliphatic rings. The zero-order valence-corrected chi connectivity index (χ0v) is 9.87. The Hall–Kier alpha value is -0.570. The van der Waals surface area contributed by atoms with Crippen molar-refractivity contribution in [3.63, 3.8) is 0 Å². The van der Waals surface area contributed by atoms with Crippen LogP contribution in [0.15, 0.2) is 0 Å². The molecule has 0 aliphatic carbocycles. The minimum Gasteiger partial charge on any atom is -0.340 e. The zero-order valence-electron chi connectivity index (χ0n) is 9.87. The Balaban J connectivity index is 2.49. The molecule has 1 aliphatic heterocycles. The molecule has 0 spiro atoms. The van der Waals surface area contributed by atoms with E-state index in [-0.39, 0.29) is 0 Å². The van der Waals surface area contributed by atoms with E-state index in [0.717, 1.165) is 19.4 Å². The zero-order chi connectivity index (χ0) is 11.1. The van der Waals surface area contributed by atoms with Gasteiger partial charge in [-0.25, -0.2) is 0 Å². The van der Waals surface area contributed by atoms with E-state index in [2.05, 4.69) is 11.8 Å². The van der Waals surface area contributed by atoms with Gasteiger partial charge in [0.1, 0.15) is 0 Å². The Morgan fingerprint density at radius 2 is 2.20 bits per heavy atom. The SMILES string of the molecule is CC[C@@H]1CCCCCN1C(=O)CCCN. The Bertz CT molecular complexity index is 194. The first kappa shape index (κ1) is 12.5. The van der Waals surface area contributed by atoms with Crippen LogP contribution in [0.1, 0.15) is 51.9 Å². The second-order valence-corrected chi connectivity index (χ2v) is 4.39. The third kappa shape index (κ3) is 3.82. The van der Waals surface area contributed by atoms with Crippen molar-refractivity contribution in [3.05, 3.63) is 0 Å². The van der Waals surface area contributed by atoms with Crippen LogP contribution in [0.2, 0.25) is 0 Å². The van der Waals surface area contributed by atoms with Crippen LogP contribution in [0.3, 0.4) is 0 Å². The van der Waals surface area contributed by atoms with Gasteiger partial charge in [-0.2, -0.15) is 0 Å². The lowest BCUT2D eigenvalue weighted by Gasteiger charge is -2.29. The van der Waals surface area contributed by atoms with Crippen molar-refractivity contribution in [1.29, 1.82) is 0 Å². The summed E-state index contributed by atoms with van der Waals surface area (Å²) >= 11 is 0. The number of hydrogen-bond donors (Lipinski definition) is 1. The molecule has 1 saturated heterocycles. The second kappa shape index (κ2) is 6.83. The van der Waals surface area contributed by atoms with Crippen LogP contribution in [-0.2, 0) is 4.79 Å². The van der Waals surface area contributed by atoms with Crippen molar-refractivity contribution >= 4 is 5.91 Å². The largest absolute Gasteiger partial charge is 0.340 e. The number of amides is 1. The quantitative estimate of drug-likeness (QED) is 0.773. The summed E-state index contributed by atoms with van der Waals surface area (Å²) in [5.41, 5.74) is 5.43. The number of rotatable bonds is 4. The molecule has 0 unspecified atom stereocenters. The van der Waals surface area contributed by atoms with Crippen molar-refractivity contribution in [1.82, 2.24) is 4.90 Å². The van der Waals surface area contributed by atoms with Crippen LogP contribution in [0.4, 0.5) is 0 Å². The monoisotopic (exact) mass is 212 g/mol. The third-order valence-corrected chi connectivity index (χ3v) is 3.26. The Labute approximate surface area is 93.0 Å². The maximum absolute atomic E-state index is 11.9. The highest BCUT2D eigenvalue weighted by Crippen LogP contribution is 2.20. The van der Waals surface area contributed by atoms with Gasteiger partial charge in [0.15, 0.2) is 0 Å². The highest BCUT2D eigenvalue weighted by Gasteiger charge is 2.23. The fourth-order valence-corrected chi connectivity index (χ4v) is 2.33. The number of nitrogens with two attached hydrogens (primary N) is 1. The summed E-state index contributed by atoms with van der Waals surface area (Å²) in [6, 6.07) is 0.484. The first-order chi connectivity index (χ1) is 7.29. The second-order valence-electron chi connectivity index (χ2n) is 4.39. The fourth-order valence-electron chi connectivity index (χ4n) is 2.33. The van der Waals surface area contributed by atoms with Gasteiger partial charge in [-0.1, -0.05) is 19.8 Å². The van der Waals surface area contributed by atoms with E-state index in [9.17, 15) is 4.79 Å². The molecule has 0 saturated carbocycles. The van der Waals surface area contributed by atoms with Gasteiger partial charge in [0.25, 0.3) is 0 Å². The molecule has 1 rings (SSSR count). The molecule has 0 aromatic carbocycles. The van der Waals surface area contributed by atoms with Crippen molar-refractivity contribution in [2.75, 3.05) is 13.1 Å². The van der Waals surface area contributed by atoms with Crippen molar-refractivity contribution in [2.45, 2.75) is 57.9 Å². The maximum Gasteiger partial charge on any atom is 0.222 e. The Morgan fingerprint density at radius 1 is 1.40 bits per heavy atom. The van der Waals surface area contributed by atoms with Crippen LogP contribution in [0.25, 0.3) is 0 Å². The van der Waals surface area contributed by atoms with Crippen LogP contribution in [0, 0.1) is 0 Å². The minimum absolute atomic E-state index is 0.314. The highest BCUT2D eigenvalue weighted by atomic mass is 16.2. The normalized spacial score (nSPS) is 22.5. The molecule has 1 atom stereocenters. The molecule has 1 fully saturated rings. The smallest absolute Gasteiger partial charge is 0.222 e. The molecule has 0 radical (unpaired) electrons. The lowest BCUT2D eigenvalue weighted by molar-refractivity contribution is -0.133. The van der Waals surface area contributed by atoms with E-state index in [4.69, 9.17) is 5.73 Å². The summed E-state index contributed by atoms with van der Waals surface area (Å²) < 4.78 is 0. The van der Waals surface area contributed by atoms with Gasteiger partial charge in [0.05, 0.1) is 0 Å². The summed E-state index contributed by atoms with van der Waals surface area (Å²) in [5.74, 6) is 0.314. The molecule has 0 bridgehead atoms. The van der Waals surface area contributed by atoms with Crippen molar-refractivity contribution < 1.29 is 4.79 Å². The number of carbonyl (C=O) groups excluding carboxylic acids is 1.